The molecule has 0 bridgehead atoms. The van der Waals surface area contributed by atoms with Crippen LogP contribution in [-0.2, 0) is 36.1 Å². The van der Waals surface area contributed by atoms with Crippen LogP contribution < -0.4 is 17.0 Å². The number of aliphatic hydroxyl groups excluding tert-OH is 2. The van der Waals surface area contributed by atoms with Crippen LogP contribution in [0, 0.1) is 0 Å². The number of aromatic nitrogens is 7. The van der Waals surface area contributed by atoms with Crippen LogP contribution in [0.1, 0.15) is 6.04 Å². The van der Waals surface area contributed by atoms with Gasteiger partial charge in [0, 0.05) is 6.20 Å². The number of nitrogens with one attached hydrogen (secondary N) is 1. The van der Waals surface area contributed by atoms with Crippen molar-refractivity contribution in [1.29, 1.82) is 0 Å². The average molecular weight is 614 g/mol. The second-order valence-corrected chi connectivity index (χ2v) is 12.3. The molecule has 0 saturated carbocycles. The number of H-pyrrole nitrogens is 1. The SMILES string of the molecule is Nc1nc2c(ncn2[C@]2(OP(O)(=S)OC[C@H]3OCC(n4ccc5c(N)ncnc54)[C@@H]3O)CO[C@H](CO)[C@H]2F)c(=O)[nH]1. The molecule has 41 heavy (non-hydrogen) atoms. The number of halogens is 1. The molecular weight excluding hydrogens is 588 g/mol. The fraction of sp³-hybridized carbons (Fsp3) is 0.476. The lowest BCUT2D eigenvalue weighted by molar-refractivity contribution is -0.0722. The molecule has 0 aliphatic carbocycles. The topological polar surface area (TPSA) is 244 Å². The molecule has 20 heteroatoms. The summed E-state index contributed by atoms with van der Waals surface area (Å²) in [5.74, 6) is 0.00593. The maximum atomic E-state index is 15.8. The van der Waals surface area contributed by atoms with Gasteiger partial charge in [0.2, 0.25) is 11.7 Å². The molecule has 2 unspecified atom stereocenters. The van der Waals surface area contributed by atoms with E-state index in [-0.39, 0.29) is 29.5 Å². The monoisotopic (exact) mass is 613 g/mol. The highest BCUT2D eigenvalue weighted by molar-refractivity contribution is 8.07. The van der Waals surface area contributed by atoms with Crippen molar-refractivity contribution in [2.24, 2.45) is 0 Å². The molecule has 220 valence electrons. The van der Waals surface area contributed by atoms with E-state index in [1.807, 2.05) is 0 Å². The molecule has 2 saturated heterocycles. The minimum absolute atomic E-state index is 0.0726. The predicted molar refractivity (Wildman–Crippen MR) is 143 cm³/mol. The smallest absolute Gasteiger partial charge is 0.326 e. The number of nitrogen functional groups attached to an aromatic ring is 2. The predicted octanol–water partition coefficient (Wildman–Crippen LogP) is -1.34. The van der Waals surface area contributed by atoms with E-state index >= 15 is 4.39 Å². The third-order valence-electron chi connectivity index (χ3n) is 7.10. The van der Waals surface area contributed by atoms with Crippen LogP contribution in [0.15, 0.2) is 29.7 Å². The lowest BCUT2D eigenvalue weighted by Gasteiger charge is -2.34. The van der Waals surface area contributed by atoms with Crippen molar-refractivity contribution in [2.45, 2.75) is 36.3 Å². The van der Waals surface area contributed by atoms with Gasteiger partial charge in [0.05, 0.1) is 44.2 Å². The Hall–Kier alpha value is -3.13. The lowest BCUT2D eigenvalue weighted by Crippen LogP contribution is -2.46. The van der Waals surface area contributed by atoms with Crippen molar-refractivity contribution in [3.63, 3.8) is 0 Å². The van der Waals surface area contributed by atoms with Crippen molar-refractivity contribution >= 4 is 52.5 Å². The zero-order valence-electron chi connectivity index (χ0n) is 21.0. The average Bonchev–Trinajstić information content (AvgIpc) is 3.69. The molecule has 0 radical (unpaired) electrons. The molecule has 0 aromatic carbocycles. The molecule has 2 aliphatic heterocycles. The number of ether oxygens (including phenoxy) is 2. The third kappa shape index (κ3) is 4.68. The summed E-state index contributed by atoms with van der Waals surface area (Å²) in [4.78, 5) is 41.8. The standard InChI is InChI=1S/C21H25FN9O8PS/c22-15-11(3-32)37-6-21(15,31-8-27-13-18(31)28-20(24)29-19(13)34)39-40(35,41)38-5-12-14(33)10(4-36-12)30-2-1-9-16(23)25-7-26-17(9)30/h1-2,7-8,10-12,14-15,32-33H,3-6H2,(H,35,41)(H2,23,25,26)(H3,24,28,29,34)/t10?,11-,12-,14+,15-,21+,40?/m1/s1. The Morgan fingerprint density at radius 2 is 2.07 bits per heavy atom. The number of alkyl halides is 1. The Morgan fingerprint density at radius 1 is 1.27 bits per heavy atom. The summed E-state index contributed by atoms with van der Waals surface area (Å²) in [5.41, 5.74) is 8.78. The van der Waals surface area contributed by atoms with Crippen LogP contribution in [0.25, 0.3) is 22.2 Å². The van der Waals surface area contributed by atoms with Gasteiger partial charge < -0.3 is 45.1 Å². The number of hydrogen-bond acceptors (Lipinski definition) is 14. The molecule has 4 aromatic rings. The zero-order valence-corrected chi connectivity index (χ0v) is 22.7. The Balaban J connectivity index is 1.23. The molecule has 6 rings (SSSR count). The maximum absolute atomic E-state index is 15.8. The van der Waals surface area contributed by atoms with Gasteiger partial charge in [-0.15, -0.1) is 0 Å². The van der Waals surface area contributed by atoms with Gasteiger partial charge in [-0.1, -0.05) is 0 Å². The van der Waals surface area contributed by atoms with Crippen LogP contribution in [0.4, 0.5) is 16.2 Å². The van der Waals surface area contributed by atoms with Crippen LogP contribution in [0.3, 0.4) is 0 Å². The first-order valence-electron chi connectivity index (χ1n) is 12.2. The van der Waals surface area contributed by atoms with E-state index in [0.29, 0.717) is 11.0 Å². The Labute approximate surface area is 234 Å². The van der Waals surface area contributed by atoms with E-state index in [2.05, 4.69) is 24.9 Å². The molecule has 2 fully saturated rings. The fourth-order valence-corrected chi connectivity index (χ4v) is 6.66. The summed E-state index contributed by atoms with van der Waals surface area (Å²) < 4.78 is 40.9. The van der Waals surface area contributed by atoms with Gasteiger partial charge in [-0.05, 0) is 17.9 Å². The first-order valence-corrected chi connectivity index (χ1v) is 14.8. The number of fused-ring (bicyclic) bond motifs is 2. The zero-order chi connectivity index (χ0) is 29.1. The third-order valence-corrected chi connectivity index (χ3v) is 8.67. The van der Waals surface area contributed by atoms with Crippen molar-refractivity contribution in [1.82, 2.24) is 34.1 Å². The van der Waals surface area contributed by atoms with Crippen LogP contribution in [0.5, 0.6) is 0 Å². The van der Waals surface area contributed by atoms with Crippen molar-refractivity contribution < 1.29 is 38.0 Å². The minimum atomic E-state index is -4.33. The molecule has 4 aromatic heterocycles. The second-order valence-electron chi connectivity index (χ2n) is 9.52. The Bertz CT molecular complexity index is 1720. The summed E-state index contributed by atoms with van der Waals surface area (Å²) in [6.07, 6.45) is -1.49. The highest BCUT2D eigenvalue weighted by atomic mass is 32.5. The van der Waals surface area contributed by atoms with Crippen LogP contribution in [-0.4, -0.2) is 100 Å². The van der Waals surface area contributed by atoms with Gasteiger partial charge in [0.15, 0.2) is 17.3 Å². The van der Waals surface area contributed by atoms with Gasteiger partial charge in [-0.3, -0.25) is 18.9 Å². The van der Waals surface area contributed by atoms with Gasteiger partial charge in [0.25, 0.3) is 5.56 Å². The van der Waals surface area contributed by atoms with Crippen LogP contribution >= 0.6 is 6.72 Å². The highest BCUT2D eigenvalue weighted by Gasteiger charge is 2.57. The number of aromatic amines is 1. The summed E-state index contributed by atoms with van der Waals surface area (Å²) in [5, 5.41) is 21.2. The summed E-state index contributed by atoms with van der Waals surface area (Å²) in [7, 11) is 0. The molecule has 6 heterocycles. The van der Waals surface area contributed by atoms with E-state index in [9.17, 15) is 19.9 Å². The number of rotatable bonds is 8. The molecule has 17 nitrogen and oxygen atoms in total. The van der Waals surface area contributed by atoms with Gasteiger partial charge in [-0.2, -0.15) is 4.98 Å². The van der Waals surface area contributed by atoms with Gasteiger partial charge in [-0.25, -0.2) is 19.3 Å². The number of anilines is 2. The molecule has 2 aliphatic rings. The molecular formula is C21H25FN9O8PS. The largest absolute Gasteiger partial charge is 0.394 e. The van der Waals surface area contributed by atoms with Crippen molar-refractivity contribution in [3.05, 3.63) is 35.3 Å². The van der Waals surface area contributed by atoms with E-state index in [4.69, 9.17) is 41.8 Å². The van der Waals surface area contributed by atoms with Gasteiger partial charge in [0.1, 0.15) is 36.1 Å². The molecule has 0 spiro atoms. The molecule has 8 N–H and O–H groups in total. The first-order chi connectivity index (χ1) is 19.5. The number of nitrogens with zero attached hydrogens (tertiary/aromatic N) is 6. The molecule has 7 atom stereocenters. The quantitative estimate of drug-likeness (QED) is 0.126. The van der Waals surface area contributed by atoms with Crippen LogP contribution in [0.2, 0.25) is 0 Å². The summed E-state index contributed by atoms with van der Waals surface area (Å²) >= 11 is 5.21. The molecule has 0 amide bonds. The maximum Gasteiger partial charge on any atom is 0.326 e. The Morgan fingerprint density at radius 3 is 2.83 bits per heavy atom. The fourth-order valence-electron chi connectivity index (χ4n) is 5.06. The number of imidazole rings is 1. The van der Waals surface area contributed by atoms with Gasteiger partial charge >= 0.3 is 6.72 Å². The summed E-state index contributed by atoms with van der Waals surface area (Å²) in [6, 6.07) is 1.14. The van der Waals surface area contributed by atoms with E-state index in [1.54, 1.807) is 16.8 Å². The van der Waals surface area contributed by atoms with Crippen molar-refractivity contribution in [2.75, 3.05) is 37.9 Å². The highest BCUT2D eigenvalue weighted by Crippen LogP contribution is 2.53. The van der Waals surface area contributed by atoms with E-state index in [1.165, 1.54) is 6.33 Å². The summed E-state index contributed by atoms with van der Waals surface area (Å²) in [6.45, 7) is -5.96. The minimum Gasteiger partial charge on any atom is -0.394 e. The second kappa shape index (κ2) is 10.3. The lowest BCUT2D eigenvalue weighted by atomic mass is 10.1. The number of aliphatic hydroxyl groups is 2. The van der Waals surface area contributed by atoms with Crippen molar-refractivity contribution in [3.8, 4) is 0 Å². The first kappa shape index (κ1) is 28.0. The number of hydrogen-bond donors (Lipinski definition) is 6. The number of nitrogens with two attached hydrogens (primary N) is 2. The Kier molecular flexibility index (Phi) is 7.04. The normalized spacial score (nSPS) is 29.9. The van der Waals surface area contributed by atoms with E-state index < -0.39 is 68.3 Å². The van der Waals surface area contributed by atoms with E-state index in [0.717, 1.165) is 10.9 Å².